The van der Waals surface area contributed by atoms with Gasteiger partial charge in [-0.2, -0.15) is 0 Å². The molecule has 0 aliphatic carbocycles. The number of allylic oxidation sites excluding steroid dienone is 1. The zero-order valence-corrected chi connectivity index (χ0v) is 16.3. The van der Waals surface area contributed by atoms with Gasteiger partial charge in [0.25, 0.3) is 11.5 Å². The molecule has 0 aliphatic rings. The van der Waals surface area contributed by atoms with Crippen LogP contribution in [0.4, 0.5) is 0 Å². The summed E-state index contributed by atoms with van der Waals surface area (Å²) >= 11 is 5.24. The third-order valence-electron chi connectivity index (χ3n) is 4.42. The first-order valence-electron chi connectivity index (χ1n) is 9.16. The summed E-state index contributed by atoms with van der Waals surface area (Å²) in [6.07, 6.45) is 7.33. The molecule has 0 radical (unpaired) electrons. The lowest BCUT2D eigenvalue weighted by Crippen LogP contribution is -2.32. The van der Waals surface area contributed by atoms with Gasteiger partial charge in [0.2, 0.25) is 0 Å². The lowest BCUT2D eigenvalue weighted by Gasteiger charge is -2.14. The molecule has 1 heterocycles. The first kappa shape index (κ1) is 20.1. The predicted octanol–water partition coefficient (Wildman–Crippen LogP) is 4.33. The number of unbranched alkanes of at least 4 members (excludes halogenated alkanes) is 3. The van der Waals surface area contributed by atoms with Crippen molar-refractivity contribution in [3.63, 3.8) is 0 Å². The number of aromatic nitrogens is 2. The minimum Gasteiger partial charge on any atom is -0.350 e. The summed E-state index contributed by atoms with van der Waals surface area (Å²) < 4.78 is 1.77. The number of amides is 1. The molecule has 6 heteroatoms. The summed E-state index contributed by atoms with van der Waals surface area (Å²) in [5, 5.41) is 3.53. The predicted molar refractivity (Wildman–Crippen MR) is 109 cm³/mol. The van der Waals surface area contributed by atoms with Gasteiger partial charge in [0.1, 0.15) is 0 Å². The lowest BCUT2D eigenvalue weighted by molar-refractivity contribution is 0.0938. The molecule has 1 aromatic heterocycles. The smallest absolute Gasteiger partial charge is 0.262 e. The molecule has 1 atom stereocenters. The third-order valence-corrected chi connectivity index (χ3v) is 4.75. The van der Waals surface area contributed by atoms with Crippen LogP contribution in [0.2, 0.25) is 0 Å². The Bertz CT molecular complexity index is 898. The second kappa shape index (κ2) is 9.48. The van der Waals surface area contributed by atoms with E-state index in [9.17, 15) is 9.59 Å². The van der Waals surface area contributed by atoms with Crippen LogP contribution in [-0.4, -0.2) is 21.5 Å². The number of rotatable bonds is 9. The molecule has 0 aliphatic heterocycles. The Balaban J connectivity index is 2.16. The van der Waals surface area contributed by atoms with Gasteiger partial charge in [-0.15, -0.1) is 6.58 Å². The molecule has 0 spiro atoms. The van der Waals surface area contributed by atoms with Crippen LogP contribution in [0.5, 0.6) is 0 Å². The average molecular weight is 374 g/mol. The Kier molecular flexibility index (Phi) is 7.33. The molecule has 140 valence electrons. The van der Waals surface area contributed by atoms with Crippen molar-refractivity contribution in [2.24, 2.45) is 0 Å². The molecule has 1 unspecified atom stereocenters. The second-order valence-corrected chi connectivity index (χ2v) is 7.01. The second-order valence-electron chi connectivity index (χ2n) is 6.62. The van der Waals surface area contributed by atoms with Crippen LogP contribution in [0.15, 0.2) is 35.6 Å². The number of nitrogens with zero attached hydrogens (tertiary/aromatic N) is 1. The van der Waals surface area contributed by atoms with Gasteiger partial charge in [-0.25, -0.2) is 0 Å². The van der Waals surface area contributed by atoms with Gasteiger partial charge in [-0.1, -0.05) is 38.7 Å². The van der Waals surface area contributed by atoms with Gasteiger partial charge >= 0.3 is 0 Å². The molecular formula is C20H27N3O2S. The molecule has 0 saturated carbocycles. The van der Waals surface area contributed by atoms with Gasteiger partial charge < -0.3 is 10.3 Å². The van der Waals surface area contributed by atoms with Crippen LogP contribution >= 0.6 is 12.2 Å². The van der Waals surface area contributed by atoms with Crippen molar-refractivity contribution in [3.05, 3.63) is 51.5 Å². The Labute approximate surface area is 159 Å². The third kappa shape index (κ3) is 4.91. The molecule has 0 saturated heterocycles. The Hall–Kier alpha value is -2.21. The summed E-state index contributed by atoms with van der Waals surface area (Å²) in [6, 6.07) is 5.15. The quantitative estimate of drug-likeness (QED) is 0.390. The van der Waals surface area contributed by atoms with Crippen molar-refractivity contribution in [2.75, 3.05) is 0 Å². The maximum atomic E-state index is 12.5. The van der Waals surface area contributed by atoms with E-state index in [0.29, 0.717) is 27.8 Å². The number of aromatic amines is 1. The number of carbonyl (C=O) groups is 1. The van der Waals surface area contributed by atoms with Crippen molar-refractivity contribution in [3.8, 4) is 0 Å². The van der Waals surface area contributed by atoms with Crippen LogP contribution in [0.1, 0.15) is 56.3 Å². The van der Waals surface area contributed by atoms with Crippen molar-refractivity contribution in [1.82, 2.24) is 14.9 Å². The number of carbonyl (C=O) groups excluding carboxylic acids is 1. The van der Waals surface area contributed by atoms with Crippen LogP contribution in [0.3, 0.4) is 0 Å². The first-order valence-corrected chi connectivity index (χ1v) is 9.57. The van der Waals surface area contributed by atoms with E-state index in [1.807, 2.05) is 6.92 Å². The lowest BCUT2D eigenvalue weighted by atomic mass is 10.1. The van der Waals surface area contributed by atoms with Gasteiger partial charge in [0.15, 0.2) is 4.77 Å². The molecule has 0 bridgehead atoms. The van der Waals surface area contributed by atoms with Crippen molar-refractivity contribution < 1.29 is 4.79 Å². The molecule has 2 N–H and O–H groups in total. The van der Waals surface area contributed by atoms with Crippen molar-refractivity contribution in [2.45, 2.75) is 58.5 Å². The molecule has 1 aromatic carbocycles. The molecule has 1 amide bonds. The Morgan fingerprint density at radius 1 is 1.38 bits per heavy atom. The summed E-state index contributed by atoms with van der Waals surface area (Å²) in [5.74, 6) is -0.135. The van der Waals surface area contributed by atoms with E-state index >= 15 is 0 Å². The number of hydrogen-bond donors (Lipinski definition) is 2. The molecule has 2 rings (SSSR count). The first-order chi connectivity index (χ1) is 12.5. The average Bonchev–Trinajstić information content (AvgIpc) is 2.61. The fourth-order valence-electron chi connectivity index (χ4n) is 2.95. The van der Waals surface area contributed by atoms with Crippen LogP contribution in [0, 0.1) is 4.77 Å². The zero-order valence-electron chi connectivity index (χ0n) is 15.5. The normalized spacial score (nSPS) is 12.1. The number of fused-ring (bicyclic) bond motifs is 1. The number of H-pyrrole nitrogens is 1. The maximum Gasteiger partial charge on any atom is 0.262 e. The molecular weight excluding hydrogens is 346 g/mol. The van der Waals surface area contributed by atoms with E-state index in [4.69, 9.17) is 12.2 Å². The van der Waals surface area contributed by atoms with E-state index in [1.165, 1.54) is 23.8 Å². The van der Waals surface area contributed by atoms with Crippen LogP contribution in [0.25, 0.3) is 10.9 Å². The van der Waals surface area contributed by atoms with E-state index in [2.05, 4.69) is 23.8 Å². The zero-order chi connectivity index (χ0) is 19.1. The Morgan fingerprint density at radius 3 is 2.85 bits per heavy atom. The highest BCUT2D eigenvalue weighted by Crippen LogP contribution is 2.12. The number of nitrogens with one attached hydrogen (secondary N) is 2. The maximum absolute atomic E-state index is 12.5. The minimum atomic E-state index is -0.181. The molecule has 0 fully saturated rings. The standard InChI is InChI=1S/C20H27N3O2S/c1-4-6-7-8-9-14(3)21-18(24)15-10-11-16-17(13-15)22-20(26)23(12-5-2)19(16)25/h5,10-11,13-14H,2,4,6-9,12H2,1,3H3,(H,21,24)(H,22,26). The largest absolute Gasteiger partial charge is 0.350 e. The number of benzene rings is 1. The SMILES string of the molecule is C=CCn1c(=S)[nH]c2cc(C(=O)NC(C)CCCCCC)ccc2c1=O. The fourth-order valence-corrected chi connectivity index (χ4v) is 3.21. The Morgan fingerprint density at radius 2 is 2.15 bits per heavy atom. The van der Waals surface area contributed by atoms with Crippen molar-refractivity contribution >= 4 is 29.0 Å². The van der Waals surface area contributed by atoms with Gasteiger partial charge in [0, 0.05) is 18.2 Å². The summed E-state index contributed by atoms with van der Waals surface area (Å²) in [7, 11) is 0. The summed E-state index contributed by atoms with van der Waals surface area (Å²) in [4.78, 5) is 28.0. The van der Waals surface area contributed by atoms with Crippen LogP contribution in [-0.2, 0) is 6.54 Å². The van der Waals surface area contributed by atoms with Gasteiger partial charge in [-0.3, -0.25) is 14.2 Å². The van der Waals surface area contributed by atoms with Gasteiger partial charge in [-0.05, 0) is 43.8 Å². The van der Waals surface area contributed by atoms with E-state index in [1.54, 1.807) is 24.3 Å². The van der Waals surface area contributed by atoms with Gasteiger partial charge in [0.05, 0.1) is 10.9 Å². The molecule has 5 nitrogen and oxygen atoms in total. The van der Waals surface area contributed by atoms with Crippen LogP contribution < -0.4 is 10.9 Å². The number of hydrogen-bond acceptors (Lipinski definition) is 3. The minimum absolute atomic E-state index is 0.120. The van der Waals surface area contributed by atoms with Crippen molar-refractivity contribution in [1.29, 1.82) is 0 Å². The topological polar surface area (TPSA) is 66.9 Å². The van der Waals surface area contributed by atoms with E-state index in [0.717, 1.165) is 12.8 Å². The molecule has 26 heavy (non-hydrogen) atoms. The highest BCUT2D eigenvalue weighted by molar-refractivity contribution is 7.71. The van der Waals surface area contributed by atoms with E-state index < -0.39 is 0 Å². The van der Waals surface area contributed by atoms with E-state index in [-0.39, 0.29) is 17.5 Å². The fraction of sp³-hybridized carbons (Fsp3) is 0.450. The summed E-state index contributed by atoms with van der Waals surface area (Å²) in [6.45, 7) is 8.19. The highest BCUT2D eigenvalue weighted by atomic mass is 32.1. The highest BCUT2D eigenvalue weighted by Gasteiger charge is 2.12. The molecule has 2 aromatic rings. The summed E-state index contributed by atoms with van der Waals surface area (Å²) in [5.41, 5.74) is 0.910. The monoisotopic (exact) mass is 373 g/mol.